The summed E-state index contributed by atoms with van der Waals surface area (Å²) in [5.41, 5.74) is 5.88. The fourth-order valence-corrected chi connectivity index (χ4v) is 3.42. The van der Waals surface area contributed by atoms with Gasteiger partial charge in [-0.15, -0.1) is 0 Å². The van der Waals surface area contributed by atoms with Gasteiger partial charge >= 0.3 is 0 Å². The molecule has 1 atom stereocenters. The van der Waals surface area contributed by atoms with E-state index >= 15 is 0 Å². The Kier molecular flexibility index (Phi) is 4.13. The molecule has 132 valence electrons. The molecule has 1 aliphatic rings. The highest BCUT2D eigenvalue weighted by molar-refractivity contribution is 6.13. The monoisotopic (exact) mass is 348 g/mol. The van der Waals surface area contributed by atoms with Crippen LogP contribution in [0.3, 0.4) is 0 Å². The molecule has 3 aromatic rings. The van der Waals surface area contributed by atoms with E-state index in [0.29, 0.717) is 17.9 Å². The van der Waals surface area contributed by atoms with Gasteiger partial charge in [0.05, 0.1) is 26.0 Å². The second-order valence-corrected chi connectivity index (χ2v) is 6.24. The van der Waals surface area contributed by atoms with Crippen molar-refractivity contribution in [3.8, 4) is 17.2 Å². The van der Waals surface area contributed by atoms with Crippen LogP contribution < -0.4 is 14.9 Å². The Balaban J connectivity index is 1.67. The summed E-state index contributed by atoms with van der Waals surface area (Å²) in [5, 5.41) is 17.0. The van der Waals surface area contributed by atoms with Gasteiger partial charge in [0.1, 0.15) is 5.75 Å². The van der Waals surface area contributed by atoms with Crippen molar-refractivity contribution in [3.05, 3.63) is 65.7 Å². The topological polar surface area (TPSA) is 63.1 Å². The molecule has 2 N–H and O–H groups in total. The highest BCUT2D eigenvalue weighted by Gasteiger charge is 2.25. The molecule has 0 aliphatic carbocycles. The van der Waals surface area contributed by atoms with Gasteiger partial charge in [-0.25, -0.2) is 0 Å². The maximum Gasteiger partial charge on any atom is 0.161 e. The third kappa shape index (κ3) is 2.71. The van der Waals surface area contributed by atoms with E-state index in [1.54, 1.807) is 20.3 Å². The van der Waals surface area contributed by atoms with Crippen LogP contribution in [0.25, 0.3) is 10.8 Å². The molecule has 0 aromatic heterocycles. The molecule has 0 bridgehead atoms. The highest BCUT2D eigenvalue weighted by atomic mass is 16.5. The van der Waals surface area contributed by atoms with Crippen LogP contribution in [0.15, 0.2) is 59.7 Å². The molecular weight excluding hydrogens is 328 g/mol. The predicted molar refractivity (Wildman–Crippen MR) is 102 cm³/mol. The first kappa shape index (κ1) is 16.3. The van der Waals surface area contributed by atoms with Crippen LogP contribution in [0.5, 0.6) is 17.2 Å². The molecule has 5 nitrogen and oxygen atoms in total. The Hall–Kier alpha value is -3.21. The summed E-state index contributed by atoms with van der Waals surface area (Å²) in [6.45, 7) is 0. The quantitative estimate of drug-likeness (QED) is 0.748. The van der Waals surface area contributed by atoms with Gasteiger partial charge in [0, 0.05) is 12.0 Å². The van der Waals surface area contributed by atoms with Crippen molar-refractivity contribution in [3.63, 3.8) is 0 Å². The smallest absolute Gasteiger partial charge is 0.161 e. The van der Waals surface area contributed by atoms with E-state index in [2.05, 4.69) is 10.5 Å². The van der Waals surface area contributed by atoms with E-state index in [0.717, 1.165) is 27.6 Å². The average Bonchev–Trinajstić information content (AvgIpc) is 3.17. The molecule has 0 unspecified atom stereocenters. The lowest BCUT2D eigenvalue weighted by Crippen LogP contribution is -2.10. The van der Waals surface area contributed by atoms with E-state index in [1.807, 2.05) is 48.5 Å². The lowest BCUT2D eigenvalue weighted by atomic mass is 9.94. The zero-order chi connectivity index (χ0) is 18.1. The first-order valence-corrected chi connectivity index (χ1v) is 8.46. The van der Waals surface area contributed by atoms with Crippen LogP contribution in [0.2, 0.25) is 0 Å². The SMILES string of the molecule is COc1ccc([C@@H]2CC(c3c(O)ccc4ccccc34)=NN2)cc1OC. The molecule has 1 aliphatic heterocycles. The van der Waals surface area contributed by atoms with E-state index < -0.39 is 0 Å². The maximum atomic E-state index is 10.4. The molecule has 5 heteroatoms. The van der Waals surface area contributed by atoms with Gasteiger partial charge in [0.15, 0.2) is 11.5 Å². The van der Waals surface area contributed by atoms with Crippen LogP contribution in [0.1, 0.15) is 23.6 Å². The number of rotatable bonds is 4. The van der Waals surface area contributed by atoms with E-state index in [-0.39, 0.29) is 11.8 Å². The zero-order valence-electron chi connectivity index (χ0n) is 14.7. The summed E-state index contributed by atoms with van der Waals surface area (Å²) in [6, 6.07) is 17.5. The zero-order valence-corrected chi connectivity index (χ0v) is 14.7. The van der Waals surface area contributed by atoms with Gasteiger partial charge < -0.3 is 20.0 Å². The maximum absolute atomic E-state index is 10.4. The number of nitrogens with zero attached hydrogens (tertiary/aromatic N) is 1. The summed E-state index contributed by atoms with van der Waals surface area (Å²) in [4.78, 5) is 0. The number of benzene rings is 3. The van der Waals surface area contributed by atoms with Crippen molar-refractivity contribution in [2.75, 3.05) is 14.2 Å². The van der Waals surface area contributed by atoms with Gasteiger partial charge in [-0.05, 0) is 34.5 Å². The molecular formula is C21H20N2O3. The van der Waals surface area contributed by atoms with Gasteiger partial charge in [0.2, 0.25) is 0 Å². The van der Waals surface area contributed by atoms with Crippen molar-refractivity contribution < 1.29 is 14.6 Å². The number of phenols is 1. The van der Waals surface area contributed by atoms with Crippen LogP contribution >= 0.6 is 0 Å². The van der Waals surface area contributed by atoms with Crippen LogP contribution in [0.4, 0.5) is 0 Å². The average molecular weight is 348 g/mol. The number of hydrogen-bond donors (Lipinski definition) is 2. The summed E-state index contributed by atoms with van der Waals surface area (Å²) >= 11 is 0. The molecule has 0 radical (unpaired) electrons. The molecule has 1 heterocycles. The van der Waals surface area contributed by atoms with Gasteiger partial charge in [-0.2, -0.15) is 5.10 Å². The first-order chi connectivity index (χ1) is 12.7. The number of fused-ring (bicyclic) bond motifs is 1. The number of nitrogens with one attached hydrogen (secondary N) is 1. The van der Waals surface area contributed by atoms with E-state index in [9.17, 15) is 5.11 Å². The lowest BCUT2D eigenvalue weighted by molar-refractivity contribution is 0.354. The lowest BCUT2D eigenvalue weighted by Gasteiger charge is -2.14. The minimum Gasteiger partial charge on any atom is -0.507 e. The minimum absolute atomic E-state index is 0.0168. The third-order valence-electron chi connectivity index (χ3n) is 4.76. The van der Waals surface area contributed by atoms with Crippen molar-refractivity contribution >= 4 is 16.5 Å². The number of hydrogen-bond acceptors (Lipinski definition) is 5. The summed E-state index contributed by atoms with van der Waals surface area (Å²) in [6.07, 6.45) is 0.678. The van der Waals surface area contributed by atoms with Gasteiger partial charge in [-0.3, -0.25) is 0 Å². The number of phenolic OH excluding ortho intramolecular Hbond substituents is 1. The normalized spacial score (nSPS) is 16.2. The molecule has 3 aromatic carbocycles. The summed E-state index contributed by atoms with van der Waals surface area (Å²) in [7, 11) is 3.25. The third-order valence-corrected chi connectivity index (χ3v) is 4.76. The molecule has 4 rings (SSSR count). The Labute approximate surface area is 151 Å². The van der Waals surface area contributed by atoms with Crippen LogP contribution in [-0.2, 0) is 0 Å². The molecule has 26 heavy (non-hydrogen) atoms. The molecule has 0 saturated heterocycles. The number of aromatic hydroxyl groups is 1. The van der Waals surface area contributed by atoms with Crippen molar-refractivity contribution in [1.82, 2.24) is 5.43 Å². The Morgan fingerprint density at radius 1 is 1.00 bits per heavy atom. The molecule has 0 fully saturated rings. The highest BCUT2D eigenvalue weighted by Crippen LogP contribution is 2.35. The summed E-state index contributed by atoms with van der Waals surface area (Å²) in [5.74, 6) is 1.63. The largest absolute Gasteiger partial charge is 0.507 e. The van der Waals surface area contributed by atoms with Gasteiger partial charge in [-0.1, -0.05) is 36.4 Å². The van der Waals surface area contributed by atoms with Crippen molar-refractivity contribution in [2.24, 2.45) is 5.10 Å². The Morgan fingerprint density at radius 2 is 1.81 bits per heavy atom. The van der Waals surface area contributed by atoms with Crippen LogP contribution in [-0.4, -0.2) is 25.0 Å². The minimum atomic E-state index is 0.0168. The second-order valence-electron chi connectivity index (χ2n) is 6.24. The Morgan fingerprint density at radius 3 is 2.62 bits per heavy atom. The van der Waals surface area contributed by atoms with E-state index in [1.165, 1.54) is 0 Å². The van der Waals surface area contributed by atoms with E-state index in [4.69, 9.17) is 9.47 Å². The molecule has 0 amide bonds. The van der Waals surface area contributed by atoms with Gasteiger partial charge in [0.25, 0.3) is 0 Å². The Bertz CT molecular complexity index is 998. The summed E-state index contributed by atoms with van der Waals surface area (Å²) < 4.78 is 10.7. The van der Waals surface area contributed by atoms with Crippen molar-refractivity contribution in [1.29, 1.82) is 0 Å². The fraction of sp³-hybridized carbons (Fsp3) is 0.190. The molecule has 0 saturated carbocycles. The van der Waals surface area contributed by atoms with Crippen LogP contribution in [0, 0.1) is 0 Å². The number of methoxy groups -OCH3 is 2. The number of hydrazone groups is 1. The predicted octanol–water partition coefficient (Wildman–Crippen LogP) is 4.00. The number of ether oxygens (including phenoxy) is 2. The fourth-order valence-electron chi connectivity index (χ4n) is 3.42. The van der Waals surface area contributed by atoms with Crippen molar-refractivity contribution in [2.45, 2.75) is 12.5 Å². The molecule has 0 spiro atoms. The second kappa shape index (κ2) is 6.59. The standard InChI is InChI=1S/C21H20N2O3/c1-25-19-10-8-14(11-20(19)26-2)16-12-17(23-22-16)21-15-6-4-3-5-13(15)7-9-18(21)24/h3-11,16,22,24H,12H2,1-2H3/t16-/m0/s1. The first-order valence-electron chi connectivity index (χ1n) is 8.46.